The van der Waals surface area contributed by atoms with Crippen LogP contribution in [0, 0.1) is 17.8 Å². The monoisotopic (exact) mass is 371 g/mol. The third-order valence-electron chi connectivity index (χ3n) is 6.25. The van der Waals surface area contributed by atoms with Crippen LogP contribution in [0.25, 0.3) is 0 Å². The van der Waals surface area contributed by atoms with Crippen LogP contribution in [0.3, 0.4) is 0 Å². The molecule has 0 radical (unpaired) electrons. The van der Waals surface area contributed by atoms with Gasteiger partial charge in [-0.05, 0) is 38.1 Å². The van der Waals surface area contributed by atoms with E-state index in [4.69, 9.17) is 10.5 Å². The number of carbonyl (C=O) groups is 3. The van der Waals surface area contributed by atoms with Crippen LogP contribution in [0.15, 0.2) is 0 Å². The van der Waals surface area contributed by atoms with E-state index in [0.717, 1.165) is 32.1 Å². The Morgan fingerprint density at radius 3 is 2.36 bits per heavy atom. The van der Waals surface area contributed by atoms with Crippen LogP contribution in [-0.4, -0.2) is 54.0 Å². The number of rotatable bonds is 5. The lowest BCUT2D eigenvalue weighted by Gasteiger charge is -2.21. The van der Waals surface area contributed by atoms with Crippen LogP contribution in [0.5, 0.6) is 0 Å². The van der Waals surface area contributed by atoms with Crippen LogP contribution >= 0.6 is 12.4 Å². The molecule has 3 heterocycles. The van der Waals surface area contributed by atoms with Gasteiger partial charge in [0.25, 0.3) is 0 Å². The zero-order valence-electron chi connectivity index (χ0n) is 14.2. The molecule has 7 nitrogen and oxygen atoms in total. The number of ether oxygens (including phenoxy) is 1. The second kappa shape index (κ2) is 7.21. The molecule has 3 N–H and O–H groups in total. The molecule has 1 saturated carbocycles. The number of hydrogen-bond acceptors (Lipinski definition) is 5. The zero-order valence-corrected chi connectivity index (χ0v) is 15.0. The molecule has 3 aliphatic heterocycles. The van der Waals surface area contributed by atoms with Gasteiger partial charge in [-0.2, -0.15) is 0 Å². The van der Waals surface area contributed by atoms with Gasteiger partial charge in [0.15, 0.2) is 0 Å². The molecule has 25 heavy (non-hydrogen) atoms. The van der Waals surface area contributed by atoms with Crippen LogP contribution in [0.4, 0.5) is 0 Å². The van der Waals surface area contributed by atoms with Crippen molar-refractivity contribution in [3.05, 3.63) is 0 Å². The van der Waals surface area contributed by atoms with E-state index in [0.29, 0.717) is 12.5 Å². The van der Waals surface area contributed by atoms with Crippen molar-refractivity contribution < 1.29 is 19.1 Å². The summed E-state index contributed by atoms with van der Waals surface area (Å²) in [5, 5.41) is 3.02. The average Bonchev–Trinajstić information content (AvgIpc) is 3.31. The third-order valence-corrected chi connectivity index (χ3v) is 6.25. The molecule has 4 rings (SSSR count). The first-order valence-electron chi connectivity index (χ1n) is 9.10. The highest BCUT2D eigenvalue weighted by molar-refractivity contribution is 6.06. The first-order valence-corrected chi connectivity index (χ1v) is 9.10. The molecule has 2 bridgehead atoms. The van der Waals surface area contributed by atoms with Crippen LogP contribution < -0.4 is 11.1 Å². The number of nitrogens with zero attached hydrogens (tertiary/aromatic N) is 1. The molecule has 4 fully saturated rings. The Morgan fingerprint density at radius 2 is 1.76 bits per heavy atom. The largest absolute Gasteiger partial charge is 0.373 e. The Labute approximate surface area is 153 Å². The molecular weight excluding hydrogens is 346 g/mol. The Hall–Kier alpha value is -1.18. The van der Waals surface area contributed by atoms with E-state index in [-0.39, 0.29) is 73.2 Å². The molecule has 3 amide bonds. The summed E-state index contributed by atoms with van der Waals surface area (Å²) in [5.41, 5.74) is 5.73. The number of amides is 3. The standard InChI is InChI=1S/C17H25N3O4.ClH/c18-8-9-2-1-3-10(9)19-13(21)6-7-20-16(22)14-11-4-5-12(24-11)15(14)17(20)23;/h9-12,14-15H,1-8,18H2,(H,19,21);1H. The van der Waals surface area contributed by atoms with Crippen LogP contribution in [0.2, 0.25) is 0 Å². The Morgan fingerprint density at radius 1 is 1.12 bits per heavy atom. The van der Waals surface area contributed by atoms with Gasteiger partial charge in [-0.1, -0.05) is 6.42 Å². The van der Waals surface area contributed by atoms with Gasteiger partial charge in [0.1, 0.15) is 0 Å². The summed E-state index contributed by atoms with van der Waals surface area (Å²) in [7, 11) is 0. The zero-order chi connectivity index (χ0) is 16.8. The molecule has 0 spiro atoms. The van der Waals surface area contributed by atoms with Gasteiger partial charge in [0.05, 0.1) is 24.0 Å². The van der Waals surface area contributed by atoms with Gasteiger partial charge in [0.2, 0.25) is 17.7 Å². The van der Waals surface area contributed by atoms with Gasteiger partial charge >= 0.3 is 0 Å². The second-order valence-electron chi connectivity index (χ2n) is 7.52. The summed E-state index contributed by atoms with van der Waals surface area (Å²) in [6.07, 6.45) is 4.79. The number of nitrogens with one attached hydrogen (secondary N) is 1. The van der Waals surface area contributed by atoms with Gasteiger partial charge in [0, 0.05) is 19.0 Å². The average molecular weight is 372 g/mol. The van der Waals surface area contributed by atoms with E-state index in [1.54, 1.807) is 0 Å². The van der Waals surface area contributed by atoms with E-state index >= 15 is 0 Å². The van der Waals surface area contributed by atoms with Gasteiger partial charge in [-0.25, -0.2) is 0 Å². The van der Waals surface area contributed by atoms with Gasteiger partial charge < -0.3 is 15.8 Å². The van der Waals surface area contributed by atoms with Crippen molar-refractivity contribution >= 4 is 30.1 Å². The fourth-order valence-corrected chi connectivity index (χ4v) is 5.00. The molecule has 1 aliphatic carbocycles. The topological polar surface area (TPSA) is 102 Å². The molecule has 3 saturated heterocycles. The van der Waals surface area contributed by atoms with Crippen molar-refractivity contribution in [3.63, 3.8) is 0 Å². The molecule has 6 atom stereocenters. The molecule has 0 aromatic rings. The predicted octanol–water partition coefficient (Wildman–Crippen LogP) is 0.204. The number of likely N-dealkylation sites (tertiary alicyclic amines) is 1. The van der Waals surface area contributed by atoms with E-state index in [9.17, 15) is 14.4 Å². The normalized spacial score (nSPS) is 38.8. The summed E-state index contributed by atoms with van der Waals surface area (Å²) in [5.74, 6) is -0.670. The summed E-state index contributed by atoms with van der Waals surface area (Å²) >= 11 is 0. The summed E-state index contributed by atoms with van der Waals surface area (Å²) in [4.78, 5) is 38.5. The van der Waals surface area contributed by atoms with Crippen molar-refractivity contribution in [1.82, 2.24) is 10.2 Å². The predicted molar refractivity (Wildman–Crippen MR) is 91.8 cm³/mol. The van der Waals surface area contributed by atoms with Crippen molar-refractivity contribution in [3.8, 4) is 0 Å². The summed E-state index contributed by atoms with van der Waals surface area (Å²) in [6, 6.07) is 0.135. The molecular formula is C17H26ClN3O4. The van der Waals surface area contributed by atoms with Crippen molar-refractivity contribution in [2.75, 3.05) is 13.1 Å². The number of hydrogen-bond donors (Lipinski definition) is 2. The molecule has 140 valence electrons. The number of nitrogens with two attached hydrogens (primary N) is 1. The smallest absolute Gasteiger partial charge is 0.235 e. The highest BCUT2D eigenvalue weighted by Crippen LogP contribution is 2.48. The number of fused-ring (bicyclic) bond motifs is 5. The van der Waals surface area contributed by atoms with E-state index < -0.39 is 0 Å². The molecule has 6 unspecified atom stereocenters. The van der Waals surface area contributed by atoms with E-state index in [2.05, 4.69) is 5.32 Å². The number of carbonyl (C=O) groups excluding carboxylic acids is 3. The van der Waals surface area contributed by atoms with Gasteiger partial charge in [-0.3, -0.25) is 19.3 Å². The first-order chi connectivity index (χ1) is 11.6. The molecule has 0 aromatic heterocycles. The molecule has 0 aromatic carbocycles. The van der Waals surface area contributed by atoms with E-state index in [1.807, 2.05) is 0 Å². The fraction of sp³-hybridized carbons (Fsp3) is 0.824. The Kier molecular flexibility index (Phi) is 5.37. The fourth-order valence-electron chi connectivity index (χ4n) is 5.00. The minimum absolute atomic E-state index is 0. The lowest BCUT2D eigenvalue weighted by molar-refractivity contribution is -0.142. The van der Waals surface area contributed by atoms with Crippen LogP contribution in [-0.2, 0) is 19.1 Å². The highest BCUT2D eigenvalue weighted by atomic mass is 35.5. The maximum atomic E-state index is 12.5. The number of halogens is 1. The second-order valence-corrected chi connectivity index (χ2v) is 7.52. The summed E-state index contributed by atoms with van der Waals surface area (Å²) in [6.45, 7) is 0.760. The van der Waals surface area contributed by atoms with Crippen molar-refractivity contribution in [2.45, 2.75) is 56.8 Å². The SMILES string of the molecule is Cl.NCC1CCCC1NC(=O)CCN1C(=O)C2C3CCC(O3)C2C1=O. The number of imide groups is 1. The summed E-state index contributed by atoms with van der Waals surface area (Å²) < 4.78 is 5.71. The molecule has 4 aliphatic rings. The van der Waals surface area contributed by atoms with Crippen molar-refractivity contribution in [1.29, 1.82) is 0 Å². The highest BCUT2D eigenvalue weighted by Gasteiger charge is 2.62. The maximum Gasteiger partial charge on any atom is 0.235 e. The minimum Gasteiger partial charge on any atom is -0.373 e. The van der Waals surface area contributed by atoms with Crippen molar-refractivity contribution in [2.24, 2.45) is 23.5 Å². The van der Waals surface area contributed by atoms with E-state index in [1.165, 1.54) is 4.90 Å². The lowest BCUT2D eigenvalue weighted by Crippen LogP contribution is -2.42. The van der Waals surface area contributed by atoms with Crippen LogP contribution in [0.1, 0.15) is 38.5 Å². The Bertz CT molecular complexity index is 544. The third kappa shape index (κ3) is 3.06. The Balaban J connectivity index is 0.00000182. The maximum absolute atomic E-state index is 12.5. The first kappa shape index (κ1) is 18.6. The minimum atomic E-state index is -0.309. The van der Waals surface area contributed by atoms with Gasteiger partial charge in [-0.15, -0.1) is 12.4 Å². The molecule has 8 heteroatoms. The lowest BCUT2D eigenvalue weighted by atomic mass is 9.81. The quantitative estimate of drug-likeness (QED) is 0.672.